The second kappa shape index (κ2) is 7.86. The van der Waals surface area contributed by atoms with Crippen molar-refractivity contribution >= 4 is 0 Å². The number of rotatable bonds is 7. The maximum absolute atomic E-state index is 10.9. The highest BCUT2D eigenvalue weighted by atomic mass is 16.3. The minimum absolute atomic E-state index is 0.525. The van der Waals surface area contributed by atoms with Crippen molar-refractivity contribution in [1.29, 1.82) is 0 Å². The van der Waals surface area contributed by atoms with Crippen LogP contribution in [-0.4, -0.2) is 5.11 Å². The van der Waals surface area contributed by atoms with Gasteiger partial charge >= 0.3 is 0 Å². The van der Waals surface area contributed by atoms with E-state index < -0.39 is 5.60 Å². The summed E-state index contributed by atoms with van der Waals surface area (Å²) in [6.07, 6.45) is 8.49. The van der Waals surface area contributed by atoms with Gasteiger partial charge in [-0.25, -0.2) is 0 Å². The molecule has 0 aliphatic rings. The molecule has 0 aromatic heterocycles. The molecule has 108 valence electrons. The third-order valence-electron chi connectivity index (χ3n) is 3.31. The summed E-state index contributed by atoms with van der Waals surface area (Å²) in [7, 11) is 0. The normalized spacial score (nSPS) is 14.5. The van der Waals surface area contributed by atoms with E-state index in [1.807, 2.05) is 36.4 Å². The van der Waals surface area contributed by atoms with E-state index in [9.17, 15) is 5.11 Å². The fraction of sp³-hybridized carbons (Fsp3) is 0.368. The van der Waals surface area contributed by atoms with Crippen LogP contribution in [0.5, 0.6) is 0 Å². The van der Waals surface area contributed by atoms with Gasteiger partial charge < -0.3 is 5.11 Å². The van der Waals surface area contributed by atoms with Crippen LogP contribution in [0.3, 0.4) is 0 Å². The van der Waals surface area contributed by atoms with Crippen LogP contribution in [0.1, 0.15) is 45.6 Å². The summed E-state index contributed by atoms with van der Waals surface area (Å²) in [6.45, 7) is 10.1. The van der Waals surface area contributed by atoms with Crippen molar-refractivity contribution < 1.29 is 5.11 Å². The molecule has 0 aliphatic heterocycles. The van der Waals surface area contributed by atoms with Gasteiger partial charge in [-0.05, 0) is 45.3 Å². The molecule has 0 saturated heterocycles. The van der Waals surface area contributed by atoms with Gasteiger partial charge in [0, 0.05) is 6.42 Å². The molecule has 20 heavy (non-hydrogen) atoms. The zero-order valence-corrected chi connectivity index (χ0v) is 12.9. The number of hydrogen-bond acceptors (Lipinski definition) is 1. The third kappa shape index (κ3) is 5.18. The Morgan fingerprint density at radius 2 is 1.85 bits per heavy atom. The largest absolute Gasteiger partial charge is 0.381 e. The Morgan fingerprint density at radius 3 is 2.40 bits per heavy atom. The summed E-state index contributed by atoms with van der Waals surface area (Å²) in [5.41, 5.74) is 2.51. The van der Waals surface area contributed by atoms with Crippen LogP contribution in [0.4, 0.5) is 0 Å². The SMILES string of the molecule is C=CCC(O)(/C=C(\C)CCC=C(C)C)c1ccccc1. The first-order chi connectivity index (χ1) is 9.48. The van der Waals surface area contributed by atoms with Crippen molar-refractivity contribution in [2.24, 2.45) is 0 Å². The molecule has 0 saturated carbocycles. The average Bonchev–Trinajstić information content (AvgIpc) is 2.39. The summed E-state index contributed by atoms with van der Waals surface area (Å²) in [5.74, 6) is 0. The van der Waals surface area contributed by atoms with E-state index in [0.717, 1.165) is 18.4 Å². The molecule has 1 heteroatoms. The molecule has 1 N–H and O–H groups in total. The first kappa shape index (κ1) is 16.5. The van der Waals surface area contributed by atoms with Crippen LogP contribution >= 0.6 is 0 Å². The molecule has 0 aliphatic carbocycles. The Morgan fingerprint density at radius 1 is 1.20 bits per heavy atom. The summed E-state index contributed by atoms with van der Waals surface area (Å²) >= 11 is 0. The number of aliphatic hydroxyl groups is 1. The Hall–Kier alpha value is -1.60. The average molecular weight is 270 g/mol. The summed E-state index contributed by atoms with van der Waals surface area (Å²) < 4.78 is 0. The van der Waals surface area contributed by atoms with Crippen molar-refractivity contribution in [1.82, 2.24) is 0 Å². The molecule has 1 rings (SSSR count). The first-order valence-corrected chi connectivity index (χ1v) is 7.18. The van der Waals surface area contributed by atoms with Crippen molar-refractivity contribution in [3.05, 3.63) is 71.8 Å². The minimum atomic E-state index is -0.946. The highest BCUT2D eigenvalue weighted by Crippen LogP contribution is 2.29. The van der Waals surface area contributed by atoms with Gasteiger partial charge in [0.1, 0.15) is 5.60 Å². The van der Waals surface area contributed by atoms with Crippen LogP contribution in [0.2, 0.25) is 0 Å². The van der Waals surface area contributed by atoms with Gasteiger partial charge in [0.2, 0.25) is 0 Å². The predicted octanol–water partition coefficient (Wildman–Crippen LogP) is 5.14. The fourth-order valence-corrected chi connectivity index (χ4v) is 2.28. The lowest BCUT2D eigenvalue weighted by Crippen LogP contribution is -2.22. The zero-order chi connectivity index (χ0) is 15.0. The van der Waals surface area contributed by atoms with Gasteiger partial charge in [-0.2, -0.15) is 0 Å². The number of hydrogen-bond donors (Lipinski definition) is 1. The molecule has 0 spiro atoms. The second-order valence-corrected chi connectivity index (χ2v) is 5.59. The predicted molar refractivity (Wildman–Crippen MR) is 87.6 cm³/mol. The van der Waals surface area contributed by atoms with Gasteiger partial charge in [-0.15, -0.1) is 6.58 Å². The van der Waals surface area contributed by atoms with Crippen molar-refractivity contribution in [2.75, 3.05) is 0 Å². The van der Waals surface area contributed by atoms with E-state index in [-0.39, 0.29) is 0 Å². The van der Waals surface area contributed by atoms with E-state index in [4.69, 9.17) is 0 Å². The van der Waals surface area contributed by atoms with Crippen LogP contribution in [-0.2, 0) is 5.60 Å². The van der Waals surface area contributed by atoms with Gasteiger partial charge in [-0.3, -0.25) is 0 Å². The first-order valence-electron chi connectivity index (χ1n) is 7.18. The van der Waals surface area contributed by atoms with Gasteiger partial charge in [0.15, 0.2) is 0 Å². The monoisotopic (exact) mass is 270 g/mol. The van der Waals surface area contributed by atoms with Crippen molar-refractivity contribution in [3.63, 3.8) is 0 Å². The van der Waals surface area contributed by atoms with Crippen molar-refractivity contribution in [2.45, 2.75) is 45.6 Å². The van der Waals surface area contributed by atoms with Crippen LogP contribution in [0.25, 0.3) is 0 Å². The van der Waals surface area contributed by atoms with E-state index in [2.05, 4.69) is 33.4 Å². The summed E-state index contributed by atoms with van der Waals surface area (Å²) in [6, 6.07) is 9.79. The van der Waals surface area contributed by atoms with Gasteiger partial charge in [0.05, 0.1) is 0 Å². The van der Waals surface area contributed by atoms with E-state index >= 15 is 0 Å². The standard InChI is InChI=1S/C19H26O/c1-5-14-19(20,18-12-7-6-8-13-18)15-17(4)11-9-10-16(2)3/h5-8,10,12-13,15,20H,1,9,11,14H2,2-4H3/b17-15+. The lowest BCUT2D eigenvalue weighted by molar-refractivity contribution is 0.0918. The fourth-order valence-electron chi connectivity index (χ4n) is 2.28. The lowest BCUT2D eigenvalue weighted by atomic mass is 9.88. The van der Waals surface area contributed by atoms with Crippen LogP contribution in [0.15, 0.2) is 66.3 Å². The molecule has 0 heterocycles. The second-order valence-electron chi connectivity index (χ2n) is 5.59. The molecular weight excluding hydrogens is 244 g/mol. The third-order valence-corrected chi connectivity index (χ3v) is 3.31. The summed E-state index contributed by atoms with van der Waals surface area (Å²) in [5, 5.41) is 10.9. The number of allylic oxidation sites excluding steroid dienone is 3. The highest BCUT2D eigenvalue weighted by molar-refractivity contribution is 5.29. The van der Waals surface area contributed by atoms with E-state index in [0.29, 0.717) is 6.42 Å². The van der Waals surface area contributed by atoms with E-state index in [1.165, 1.54) is 11.1 Å². The molecular formula is C19H26O. The Balaban J connectivity index is 2.90. The van der Waals surface area contributed by atoms with E-state index in [1.54, 1.807) is 6.08 Å². The molecule has 1 atom stereocenters. The Kier molecular flexibility index (Phi) is 6.47. The van der Waals surface area contributed by atoms with Crippen LogP contribution in [0, 0.1) is 0 Å². The molecule has 1 unspecified atom stereocenters. The molecule has 0 radical (unpaired) electrons. The Labute approximate surface area is 123 Å². The molecule has 0 amide bonds. The van der Waals surface area contributed by atoms with Crippen molar-refractivity contribution in [3.8, 4) is 0 Å². The molecule has 1 aromatic rings. The Bertz CT molecular complexity index is 478. The maximum atomic E-state index is 10.9. The zero-order valence-electron chi connectivity index (χ0n) is 12.9. The van der Waals surface area contributed by atoms with Crippen LogP contribution < -0.4 is 0 Å². The number of benzene rings is 1. The maximum Gasteiger partial charge on any atom is 0.111 e. The molecule has 0 bridgehead atoms. The van der Waals surface area contributed by atoms with Gasteiger partial charge in [0.25, 0.3) is 0 Å². The molecule has 0 fully saturated rings. The topological polar surface area (TPSA) is 20.2 Å². The quantitative estimate of drug-likeness (QED) is 0.680. The minimum Gasteiger partial charge on any atom is -0.381 e. The molecule has 1 nitrogen and oxygen atoms in total. The smallest absolute Gasteiger partial charge is 0.111 e. The summed E-state index contributed by atoms with van der Waals surface area (Å²) in [4.78, 5) is 0. The molecule has 1 aromatic carbocycles. The van der Waals surface area contributed by atoms with Gasteiger partial charge in [-0.1, -0.05) is 53.6 Å². The lowest BCUT2D eigenvalue weighted by Gasteiger charge is -2.25. The highest BCUT2D eigenvalue weighted by Gasteiger charge is 2.24.